The highest BCUT2D eigenvalue weighted by atomic mass is 16.7. The smallest absolute Gasteiger partial charge is 0.320 e. The predicted octanol–water partition coefficient (Wildman–Crippen LogP) is 1.27. The van der Waals surface area contributed by atoms with Gasteiger partial charge < -0.3 is 18.9 Å². The van der Waals surface area contributed by atoms with Crippen molar-refractivity contribution in [1.29, 1.82) is 0 Å². The second-order valence-corrected chi connectivity index (χ2v) is 4.50. The number of hydrogen-bond acceptors (Lipinski definition) is 6. The zero-order chi connectivity index (χ0) is 14.3. The normalized spacial score (nSPS) is 17.5. The second-order valence-electron chi connectivity index (χ2n) is 4.50. The van der Waals surface area contributed by atoms with E-state index in [1.807, 2.05) is 6.92 Å². The molecule has 0 bridgehead atoms. The van der Waals surface area contributed by atoms with Crippen molar-refractivity contribution >= 4 is 11.9 Å². The quantitative estimate of drug-likeness (QED) is 0.514. The Labute approximate surface area is 113 Å². The zero-order valence-corrected chi connectivity index (χ0v) is 11.8. The Hall–Kier alpha value is -1.14. The molecule has 0 aromatic rings. The van der Waals surface area contributed by atoms with Crippen molar-refractivity contribution in [2.75, 3.05) is 27.4 Å². The fourth-order valence-electron chi connectivity index (χ4n) is 2.27. The van der Waals surface area contributed by atoms with Crippen molar-refractivity contribution in [2.45, 2.75) is 38.4 Å². The Bertz CT molecular complexity index is 292. The summed E-state index contributed by atoms with van der Waals surface area (Å²) in [6.45, 7) is 3.12. The highest BCUT2D eigenvalue weighted by Crippen LogP contribution is 2.31. The topological polar surface area (TPSA) is 71.1 Å². The molecule has 0 aromatic heterocycles. The molecule has 0 aromatic carbocycles. The molecule has 0 amide bonds. The summed E-state index contributed by atoms with van der Waals surface area (Å²) in [5.41, 5.74) is 0. The van der Waals surface area contributed by atoms with Crippen molar-refractivity contribution in [3.63, 3.8) is 0 Å². The molecule has 0 atom stereocenters. The molecule has 1 heterocycles. The van der Waals surface area contributed by atoms with Crippen LogP contribution in [-0.2, 0) is 28.5 Å². The molecule has 0 N–H and O–H groups in total. The van der Waals surface area contributed by atoms with Gasteiger partial charge in [-0.05, 0) is 6.42 Å². The van der Waals surface area contributed by atoms with Gasteiger partial charge in [0.25, 0.3) is 0 Å². The summed E-state index contributed by atoms with van der Waals surface area (Å²) in [4.78, 5) is 23.1. The van der Waals surface area contributed by atoms with Gasteiger partial charge in [0.15, 0.2) is 11.7 Å². The average molecular weight is 274 g/mol. The lowest BCUT2D eigenvalue weighted by atomic mass is 9.96. The third-order valence-corrected chi connectivity index (χ3v) is 3.23. The third kappa shape index (κ3) is 4.18. The van der Waals surface area contributed by atoms with Crippen molar-refractivity contribution in [3.8, 4) is 0 Å². The highest BCUT2D eigenvalue weighted by Gasteiger charge is 2.38. The van der Waals surface area contributed by atoms with E-state index in [9.17, 15) is 9.59 Å². The van der Waals surface area contributed by atoms with Gasteiger partial charge in [0.05, 0.1) is 27.4 Å². The van der Waals surface area contributed by atoms with Crippen LogP contribution < -0.4 is 0 Å². The summed E-state index contributed by atoms with van der Waals surface area (Å²) in [5.74, 6) is -2.76. The van der Waals surface area contributed by atoms with E-state index >= 15 is 0 Å². The van der Waals surface area contributed by atoms with Crippen LogP contribution in [0.4, 0.5) is 0 Å². The molecular formula is C13H22O6. The lowest BCUT2D eigenvalue weighted by Crippen LogP contribution is -2.34. The number of esters is 2. The molecule has 0 unspecified atom stereocenters. The van der Waals surface area contributed by atoms with Gasteiger partial charge in [-0.25, -0.2) is 0 Å². The largest absolute Gasteiger partial charge is 0.468 e. The van der Waals surface area contributed by atoms with Crippen molar-refractivity contribution in [2.24, 2.45) is 5.92 Å². The monoisotopic (exact) mass is 274 g/mol. The van der Waals surface area contributed by atoms with Crippen molar-refractivity contribution < 1.29 is 28.5 Å². The highest BCUT2D eigenvalue weighted by molar-refractivity contribution is 5.94. The lowest BCUT2D eigenvalue weighted by Gasteiger charge is -2.28. The van der Waals surface area contributed by atoms with Gasteiger partial charge in [-0.3, -0.25) is 9.59 Å². The number of carbonyl (C=O) groups excluding carboxylic acids is 2. The van der Waals surface area contributed by atoms with Gasteiger partial charge in [0.1, 0.15) is 0 Å². The number of methoxy groups -OCH3 is 2. The fourth-order valence-corrected chi connectivity index (χ4v) is 2.27. The molecule has 1 saturated heterocycles. The average Bonchev–Trinajstić information content (AvgIpc) is 2.87. The maximum absolute atomic E-state index is 11.6. The number of ether oxygens (including phenoxy) is 4. The summed E-state index contributed by atoms with van der Waals surface area (Å²) >= 11 is 0. The van der Waals surface area contributed by atoms with Gasteiger partial charge in [0, 0.05) is 12.8 Å². The van der Waals surface area contributed by atoms with E-state index in [1.165, 1.54) is 14.2 Å². The van der Waals surface area contributed by atoms with Gasteiger partial charge in [-0.1, -0.05) is 13.3 Å². The van der Waals surface area contributed by atoms with Crippen LogP contribution in [0.15, 0.2) is 0 Å². The van der Waals surface area contributed by atoms with E-state index in [0.717, 1.165) is 12.8 Å². The number of rotatable bonds is 7. The van der Waals surface area contributed by atoms with Gasteiger partial charge in [-0.2, -0.15) is 0 Å². The number of hydrogen-bond donors (Lipinski definition) is 0. The molecular weight excluding hydrogens is 252 g/mol. The van der Waals surface area contributed by atoms with E-state index in [1.54, 1.807) is 0 Å². The van der Waals surface area contributed by atoms with E-state index < -0.39 is 23.6 Å². The molecule has 1 aliphatic heterocycles. The molecule has 1 rings (SSSR count). The van der Waals surface area contributed by atoms with Crippen LogP contribution in [0.1, 0.15) is 32.6 Å². The Balaban J connectivity index is 2.63. The predicted molar refractivity (Wildman–Crippen MR) is 66.3 cm³/mol. The Kier molecular flexibility index (Phi) is 6.24. The second kappa shape index (κ2) is 7.45. The van der Waals surface area contributed by atoms with Crippen LogP contribution in [0.5, 0.6) is 0 Å². The van der Waals surface area contributed by atoms with Crippen LogP contribution in [0, 0.1) is 5.92 Å². The minimum absolute atomic E-state index is 0.291. The van der Waals surface area contributed by atoms with E-state index in [2.05, 4.69) is 9.47 Å². The summed E-state index contributed by atoms with van der Waals surface area (Å²) in [7, 11) is 2.51. The van der Waals surface area contributed by atoms with Crippen molar-refractivity contribution in [1.82, 2.24) is 0 Å². The van der Waals surface area contributed by atoms with Crippen LogP contribution in [0.2, 0.25) is 0 Å². The molecule has 1 aliphatic rings. The Morgan fingerprint density at radius 1 is 1.11 bits per heavy atom. The number of carbonyl (C=O) groups is 2. The molecule has 6 heteroatoms. The first-order chi connectivity index (χ1) is 9.08. The first-order valence-corrected chi connectivity index (χ1v) is 6.52. The lowest BCUT2D eigenvalue weighted by molar-refractivity contribution is -0.175. The van der Waals surface area contributed by atoms with Crippen LogP contribution >= 0.6 is 0 Å². The fraction of sp³-hybridized carbons (Fsp3) is 0.846. The zero-order valence-electron chi connectivity index (χ0n) is 11.8. The standard InChI is InChI=1S/C13H22O6/c1-4-6-13(18-8-9-19-13)7-5-10(11(14)16-2)12(15)17-3/h10H,4-9H2,1-3H3. The van der Waals surface area contributed by atoms with Crippen LogP contribution in [-0.4, -0.2) is 45.2 Å². The minimum Gasteiger partial charge on any atom is -0.468 e. The molecule has 0 saturated carbocycles. The van der Waals surface area contributed by atoms with Gasteiger partial charge in [-0.15, -0.1) is 0 Å². The summed E-state index contributed by atoms with van der Waals surface area (Å²) in [6, 6.07) is 0. The van der Waals surface area contributed by atoms with Crippen LogP contribution in [0.25, 0.3) is 0 Å². The first-order valence-electron chi connectivity index (χ1n) is 6.52. The summed E-state index contributed by atoms with van der Waals surface area (Å²) in [6.07, 6.45) is 2.40. The van der Waals surface area contributed by atoms with E-state index in [0.29, 0.717) is 26.1 Å². The van der Waals surface area contributed by atoms with E-state index in [-0.39, 0.29) is 0 Å². The van der Waals surface area contributed by atoms with Gasteiger partial charge >= 0.3 is 11.9 Å². The maximum atomic E-state index is 11.6. The molecule has 0 radical (unpaired) electrons. The molecule has 19 heavy (non-hydrogen) atoms. The Morgan fingerprint density at radius 2 is 1.63 bits per heavy atom. The van der Waals surface area contributed by atoms with Crippen LogP contribution in [0.3, 0.4) is 0 Å². The molecule has 0 spiro atoms. The summed E-state index contributed by atoms with van der Waals surface area (Å²) < 4.78 is 20.5. The molecule has 110 valence electrons. The minimum atomic E-state index is -0.920. The van der Waals surface area contributed by atoms with E-state index in [4.69, 9.17) is 9.47 Å². The van der Waals surface area contributed by atoms with Gasteiger partial charge in [0.2, 0.25) is 0 Å². The summed E-state index contributed by atoms with van der Waals surface area (Å²) in [5, 5.41) is 0. The maximum Gasteiger partial charge on any atom is 0.320 e. The SMILES string of the molecule is CCCC1(CCC(C(=O)OC)C(=O)OC)OCCO1. The molecule has 6 nitrogen and oxygen atoms in total. The third-order valence-electron chi connectivity index (χ3n) is 3.23. The van der Waals surface area contributed by atoms with Crippen molar-refractivity contribution in [3.05, 3.63) is 0 Å². The molecule has 1 fully saturated rings. The first kappa shape index (κ1) is 15.9. The Morgan fingerprint density at radius 3 is 2.05 bits per heavy atom. The molecule has 0 aliphatic carbocycles.